The van der Waals surface area contributed by atoms with Gasteiger partial charge in [0.2, 0.25) is 0 Å². The van der Waals surface area contributed by atoms with E-state index in [4.69, 9.17) is 0 Å². The van der Waals surface area contributed by atoms with Crippen LogP contribution >= 0.6 is 15.9 Å². The van der Waals surface area contributed by atoms with E-state index in [0.29, 0.717) is 0 Å². The Hall–Kier alpha value is -2.98. The molecule has 0 aliphatic rings. The van der Waals surface area contributed by atoms with Gasteiger partial charge < -0.3 is 5.11 Å². The van der Waals surface area contributed by atoms with Gasteiger partial charge in [0.25, 0.3) is 0 Å². The summed E-state index contributed by atoms with van der Waals surface area (Å²) >= 11 is 3.58. The lowest BCUT2D eigenvalue weighted by Gasteiger charge is -2.04. The summed E-state index contributed by atoms with van der Waals surface area (Å²) in [5, 5.41) is 11.4. The first kappa shape index (κ1) is 18.8. The summed E-state index contributed by atoms with van der Waals surface area (Å²) in [6.07, 6.45) is 5.97. The maximum atomic E-state index is 12.1. The van der Waals surface area contributed by atoms with Crippen molar-refractivity contribution in [3.63, 3.8) is 0 Å². The zero-order chi connectivity index (χ0) is 19.2. The minimum absolute atomic E-state index is 0.165. The van der Waals surface area contributed by atoms with E-state index in [1.807, 2.05) is 36.4 Å². The summed E-state index contributed by atoms with van der Waals surface area (Å²) < 4.78 is 0.920. The van der Waals surface area contributed by atoms with Crippen LogP contribution in [0.3, 0.4) is 0 Å². The third kappa shape index (κ3) is 5.02. The van der Waals surface area contributed by atoms with Crippen molar-refractivity contribution in [1.29, 1.82) is 0 Å². The summed E-state index contributed by atoms with van der Waals surface area (Å²) in [5.41, 5.74) is 1.67. The molecule has 0 bridgehead atoms. The molecule has 134 valence electrons. The average molecular weight is 421 g/mol. The molecule has 3 rings (SSSR count). The predicted molar refractivity (Wildman–Crippen MR) is 112 cm³/mol. The van der Waals surface area contributed by atoms with Gasteiger partial charge in [0.05, 0.1) is 6.42 Å². The Kier molecular flexibility index (Phi) is 5.99. The minimum Gasteiger partial charge on any atom is -0.508 e. The van der Waals surface area contributed by atoms with Crippen molar-refractivity contribution in [2.75, 3.05) is 0 Å². The molecule has 0 spiro atoms. The Morgan fingerprint density at radius 2 is 1.52 bits per heavy atom. The number of hydrogen-bond donors (Lipinski definition) is 1. The quantitative estimate of drug-likeness (QED) is 0.419. The Balaban J connectivity index is 1.64. The molecule has 0 atom stereocenters. The number of allylic oxidation sites excluding steroid dienone is 2. The van der Waals surface area contributed by atoms with Gasteiger partial charge in [-0.15, -0.1) is 0 Å². The lowest BCUT2D eigenvalue weighted by Crippen LogP contribution is -2.01. The molecule has 0 amide bonds. The van der Waals surface area contributed by atoms with Crippen molar-refractivity contribution in [2.24, 2.45) is 0 Å². The average Bonchev–Trinajstić information content (AvgIpc) is 2.67. The predicted octanol–water partition coefficient (Wildman–Crippen LogP) is 5.56. The fraction of sp³-hybridized carbons (Fsp3) is 0.0435. The van der Waals surface area contributed by atoms with Crippen LogP contribution in [-0.4, -0.2) is 16.7 Å². The molecule has 0 fully saturated rings. The Bertz CT molecular complexity index is 1050. The van der Waals surface area contributed by atoms with Crippen LogP contribution < -0.4 is 0 Å². The maximum absolute atomic E-state index is 12.1. The number of phenolic OH excluding ortho intramolecular Hbond substituents is 1. The highest BCUT2D eigenvalue weighted by molar-refractivity contribution is 9.10. The first-order chi connectivity index (χ1) is 13.0. The molecule has 27 heavy (non-hydrogen) atoms. The molecule has 3 aromatic carbocycles. The monoisotopic (exact) mass is 420 g/mol. The fourth-order valence-corrected chi connectivity index (χ4v) is 3.25. The number of phenols is 1. The Morgan fingerprint density at radius 1 is 0.852 bits per heavy atom. The first-order valence-corrected chi connectivity index (χ1v) is 9.20. The zero-order valence-electron chi connectivity index (χ0n) is 14.4. The molecular weight excluding hydrogens is 404 g/mol. The molecule has 4 heteroatoms. The first-order valence-electron chi connectivity index (χ1n) is 8.41. The molecule has 0 radical (unpaired) electrons. The van der Waals surface area contributed by atoms with Gasteiger partial charge in [-0.05, 0) is 62.1 Å². The van der Waals surface area contributed by atoms with Crippen LogP contribution in [0, 0.1) is 0 Å². The molecule has 0 heterocycles. The van der Waals surface area contributed by atoms with Crippen LogP contribution in [0.1, 0.15) is 17.5 Å². The van der Waals surface area contributed by atoms with Crippen LogP contribution in [0.25, 0.3) is 22.9 Å². The molecule has 0 aliphatic heterocycles. The molecular formula is C23H17BrO3. The van der Waals surface area contributed by atoms with E-state index >= 15 is 0 Å². The highest BCUT2D eigenvalue weighted by Gasteiger charge is 2.06. The minimum atomic E-state index is -0.268. The summed E-state index contributed by atoms with van der Waals surface area (Å²) in [5.74, 6) is -0.357. The van der Waals surface area contributed by atoms with E-state index in [0.717, 1.165) is 26.4 Å². The van der Waals surface area contributed by atoms with Crippen LogP contribution in [0.2, 0.25) is 0 Å². The highest BCUT2D eigenvalue weighted by atomic mass is 79.9. The van der Waals surface area contributed by atoms with Gasteiger partial charge in [-0.3, -0.25) is 9.59 Å². The van der Waals surface area contributed by atoms with E-state index in [9.17, 15) is 14.7 Å². The van der Waals surface area contributed by atoms with Gasteiger partial charge in [-0.2, -0.15) is 0 Å². The summed E-state index contributed by atoms with van der Waals surface area (Å²) in [7, 11) is 0. The van der Waals surface area contributed by atoms with E-state index in [-0.39, 0.29) is 23.7 Å². The number of halogens is 1. The smallest absolute Gasteiger partial charge is 0.163 e. The summed E-state index contributed by atoms with van der Waals surface area (Å²) in [6.45, 7) is 0. The molecule has 1 N–H and O–H groups in total. The van der Waals surface area contributed by atoms with Crippen molar-refractivity contribution in [2.45, 2.75) is 6.42 Å². The number of aromatic hydroxyl groups is 1. The molecule has 0 saturated carbocycles. The number of carbonyl (C=O) groups is 2. The normalized spacial score (nSPS) is 11.4. The molecule has 0 aliphatic carbocycles. The van der Waals surface area contributed by atoms with Crippen LogP contribution in [0.5, 0.6) is 5.75 Å². The third-order valence-corrected chi connectivity index (χ3v) is 4.93. The zero-order valence-corrected chi connectivity index (χ0v) is 16.0. The van der Waals surface area contributed by atoms with Gasteiger partial charge in [0.15, 0.2) is 11.6 Å². The molecule has 0 saturated heterocycles. The third-order valence-electron chi connectivity index (χ3n) is 4.05. The van der Waals surface area contributed by atoms with Crippen molar-refractivity contribution >= 4 is 50.4 Å². The fourth-order valence-electron chi connectivity index (χ4n) is 2.63. The van der Waals surface area contributed by atoms with E-state index in [2.05, 4.69) is 15.9 Å². The lowest BCUT2D eigenvalue weighted by molar-refractivity contribution is -0.121. The van der Waals surface area contributed by atoms with Crippen molar-refractivity contribution < 1.29 is 14.7 Å². The SMILES string of the molecule is O=C(/C=C/c1ccc(O)cc1)CC(=O)/C=C/c1ccc2ccccc2c1Br. The highest BCUT2D eigenvalue weighted by Crippen LogP contribution is 2.28. The molecule has 0 unspecified atom stereocenters. The van der Waals surface area contributed by atoms with Gasteiger partial charge in [-0.1, -0.05) is 60.7 Å². The second kappa shape index (κ2) is 8.60. The number of rotatable bonds is 6. The maximum Gasteiger partial charge on any atom is 0.163 e. The van der Waals surface area contributed by atoms with Crippen LogP contribution in [0.15, 0.2) is 77.3 Å². The van der Waals surface area contributed by atoms with Gasteiger partial charge in [0, 0.05) is 4.47 Å². The van der Waals surface area contributed by atoms with E-state index in [1.165, 1.54) is 12.2 Å². The Labute approximate surface area is 165 Å². The second-order valence-corrected chi connectivity index (χ2v) is 6.85. The molecule has 0 aromatic heterocycles. The largest absolute Gasteiger partial charge is 0.508 e. The number of fused-ring (bicyclic) bond motifs is 1. The van der Waals surface area contributed by atoms with Gasteiger partial charge in [0.1, 0.15) is 5.75 Å². The van der Waals surface area contributed by atoms with Crippen LogP contribution in [-0.2, 0) is 9.59 Å². The van der Waals surface area contributed by atoms with Gasteiger partial charge in [-0.25, -0.2) is 0 Å². The van der Waals surface area contributed by atoms with E-state index < -0.39 is 0 Å². The van der Waals surface area contributed by atoms with Crippen LogP contribution in [0.4, 0.5) is 0 Å². The molecule has 3 aromatic rings. The Morgan fingerprint density at radius 3 is 2.26 bits per heavy atom. The number of ketones is 2. The molecule has 3 nitrogen and oxygen atoms in total. The van der Waals surface area contributed by atoms with Crippen molar-refractivity contribution in [1.82, 2.24) is 0 Å². The van der Waals surface area contributed by atoms with E-state index in [1.54, 1.807) is 36.4 Å². The lowest BCUT2D eigenvalue weighted by atomic mass is 10.1. The van der Waals surface area contributed by atoms with Gasteiger partial charge >= 0.3 is 0 Å². The summed E-state index contributed by atoms with van der Waals surface area (Å²) in [6, 6.07) is 18.4. The number of hydrogen-bond acceptors (Lipinski definition) is 3. The topological polar surface area (TPSA) is 54.4 Å². The number of benzene rings is 3. The standard InChI is InChI=1S/C23H17BrO3/c24-23-18(9-8-17-3-1-2-4-22(17)23)10-14-21(27)15-20(26)13-7-16-5-11-19(25)12-6-16/h1-14,25H,15H2/b13-7+,14-10+. The van der Waals surface area contributed by atoms with Crippen molar-refractivity contribution in [3.05, 3.63) is 88.4 Å². The summed E-state index contributed by atoms with van der Waals surface area (Å²) in [4.78, 5) is 24.0. The van der Waals surface area contributed by atoms with Crippen molar-refractivity contribution in [3.8, 4) is 5.75 Å². The second-order valence-electron chi connectivity index (χ2n) is 6.06. The number of carbonyl (C=O) groups excluding carboxylic acids is 2.